The summed E-state index contributed by atoms with van der Waals surface area (Å²) in [7, 11) is 0. The van der Waals surface area contributed by atoms with E-state index in [4.69, 9.17) is 5.26 Å². The number of aromatic nitrogens is 4. The van der Waals surface area contributed by atoms with Gasteiger partial charge in [-0.25, -0.2) is 0 Å². The standard InChI is InChI=1S/C18H19N5/c1-18(2,3)14-8-6-13(7-9-14)12-23-10-4-5-16(23)17-15(11-19)20-22-21-17/h4-10H,12H2,1-3H3,(H,20,21,22). The van der Waals surface area contributed by atoms with Crippen molar-refractivity contribution in [1.82, 2.24) is 20.0 Å². The van der Waals surface area contributed by atoms with E-state index in [2.05, 4.69) is 71.1 Å². The number of nitrogens with zero attached hydrogens (tertiary/aromatic N) is 4. The van der Waals surface area contributed by atoms with E-state index in [9.17, 15) is 0 Å². The maximum atomic E-state index is 9.11. The molecule has 0 aliphatic carbocycles. The smallest absolute Gasteiger partial charge is 0.191 e. The molecule has 5 heteroatoms. The fourth-order valence-corrected chi connectivity index (χ4v) is 2.56. The zero-order valence-corrected chi connectivity index (χ0v) is 13.5. The van der Waals surface area contributed by atoms with Crippen molar-refractivity contribution >= 4 is 0 Å². The minimum Gasteiger partial charge on any atom is -0.342 e. The lowest BCUT2D eigenvalue weighted by atomic mass is 9.87. The second-order valence-electron chi connectivity index (χ2n) is 6.60. The summed E-state index contributed by atoms with van der Waals surface area (Å²) in [5.41, 5.74) is 4.46. The fraction of sp³-hybridized carbons (Fsp3) is 0.278. The molecule has 2 aromatic heterocycles. The summed E-state index contributed by atoms with van der Waals surface area (Å²) >= 11 is 0. The highest BCUT2D eigenvalue weighted by atomic mass is 15.3. The summed E-state index contributed by atoms with van der Waals surface area (Å²) in [4.78, 5) is 0. The SMILES string of the molecule is CC(C)(C)c1ccc(Cn2cccc2-c2n[nH]nc2C#N)cc1. The van der Waals surface area contributed by atoms with Crippen LogP contribution in [-0.2, 0) is 12.0 Å². The van der Waals surface area contributed by atoms with Gasteiger partial charge < -0.3 is 4.57 Å². The second kappa shape index (κ2) is 5.73. The largest absolute Gasteiger partial charge is 0.342 e. The van der Waals surface area contributed by atoms with E-state index < -0.39 is 0 Å². The van der Waals surface area contributed by atoms with E-state index in [-0.39, 0.29) is 5.41 Å². The molecule has 0 saturated carbocycles. The molecule has 23 heavy (non-hydrogen) atoms. The summed E-state index contributed by atoms with van der Waals surface area (Å²) < 4.78 is 2.07. The van der Waals surface area contributed by atoms with Crippen LogP contribution in [0.2, 0.25) is 0 Å². The lowest BCUT2D eigenvalue weighted by Crippen LogP contribution is -2.11. The average molecular weight is 305 g/mol. The Morgan fingerprint density at radius 1 is 1.13 bits per heavy atom. The minimum atomic E-state index is 0.152. The van der Waals surface area contributed by atoms with Crippen molar-refractivity contribution in [2.45, 2.75) is 32.7 Å². The number of nitriles is 1. The molecule has 0 saturated heterocycles. The third kappa shape index (κ3) is 3.02. The maximum absolute atomic E-state index is 9.11. The molecule has 0 atom stereocenters. The molecule has 0 radical (unpaired) electrons. The van der Waals surface area contributed by atoms with Gasteiger partial charge in [-0.2, -0.15) is 15.6 Å². The van der Waals surface area contributed by atoms with E-state index in [1.54, 1.807) is 0 Å². The minimum absolute atomic E-state index is 0.152. The maximum Gasteiger partial charge on any atom is 0.191 e. The molecular weight excluding hydrogens is 286 g/mol. The first-order chi connectivity index (χ1) is 11.0. The van der Waals surface area contributed by atoms with Crippen molar-refractivity contribution in [3.05, 3.63) is 59.4 Å². The molecule has 5 nitrogen and oxygen atoms in total. The first-order valence-corrected chi connectivity index (χ1v) is 7.55. The van der Waals surface area contributed by atoms with Crippen LogP contribution in [0.5, 0.6) is 0 Å². The summed E-state index contributed by atoms with van der Waals surface area (Å²) in [6, 6.07) is 14.6. The Morgan fingerprint density at radius 3 is 2.52 bits per heavy atom. The van der Waals surface area contributed by atoms with Crippen LogP contribution in [0.3, 0.4) is 0 Å². The molecule has 0 amide bonds. The molecule has 3 rings (SSSR count). The van der Waals surface area contributed by atoms with Crippen molar-refractivity contribution in [2.75, 3.05) is 0 Å². The summed E-state index contributed by atoms with van der Waals surface area (Å²) in [5, 5.41) is 19.6. The monoisotopic (exact) mass is 305 g/mol. The molecule has 1 aromatic carbocycles. The Hall–Kier alpha value is -2.87. The third-order valence-electron chi connectivity index (χ3n) is 3.90. The van der Waals surface area contributed by atoms with E-state index in [1.165, 1.54) is 11.1 Å². The van der Waals surface area contributed by atoms with Gasteiger partial charge in [0, 0.05) is 12.7 Å². The highest BCUT2D eigenvalue weighted by Crippen LogP contribution is 2.24. The number of nitrogens with one attached hydrogen (secondary N) is 1. The molecule has 0 aliphatic rings. The van der Waals surface area contributed by atoms with E-state index in [1.807, 2.05) is 18.3 Å². The Labute approximate surface area is 135 Å². The average Bonchev–Trinajstić information content (AvgIpc) is 3.14. The highest BCUT2D eigenvalue weighted by molar-refractivity contribution is 5.61. The van der Waals surface area contributed by atoms with E-state index in [0.717, 1.165) is 12.2 Å². The molecule has 1 N–H and O–H groups in total. The number of benzene rings is 1. The quantitative estimate of drug-likeness (QED) is 0.805. The molecule has 0 unspecified atom stereocenters. The first kappa shape index (κ1) is 15.0. The van der Waals surface area contributed by atoms with Crippen molar-refractivity contribution in [3.8, 4) is 17.5 Å². The van der Waals surface area contributed by atoms with Crippen molar-refractivity contribution < 1.29 is 0 Å². The van der Waals surface area contributed by atoms with Crippen LogP contribution in [0.15, 0.2) is 42.6 Å². The number of aromatic amines is 1. The number of H-pyrrole nitrogens is 1. The normalized spacial score (nSPS) is 11.4. The van der Waals surface area contributed by atoms with Crippen LogP contribution >= 0.6 is 0 Å². The molecule has 116 valence electrons. The summed E-state index contributed by atoms with van der Waals surface area (Å²) in [6.45, 7) is 7.35. The molecule has 0 fully saturated rings. The predicted octanol–water partition coefficient (Wildman–Crippen LogP) is 3.49. The molecule has 0 aliphatic heterocycles. The van der Waals surface area contributed by atoms with Crippen LogP contribution in [0.25, 0.3) is 11.4 Å². The predicted molar refractivity (Wildman–Crippen MR) is 88.8 cm³/mol. The summed E-state index contributed by atoms with van der Waals surface area (Å²) in [5.74, 6) is 0. The van der Waals surface area contributed by atoms with Gasteiger partial charge in [-0.1, -0.05) is 45.0 Å². The van der Waals surface area contributed by atoms with Gasteiger partial charge in [0.15, 0.2) is 5.69 Å². The zero-order chi connectivity index (χ0) is 16.4. The van der Waals surface area contributed by atoms with Crippen molar-refractivity contribution in [3.63, 3.8) is 0 Å². The molecule has 0 spiro atoms. The fourth-order valence-electron chi connectivity index (χ4n) is 2.56. The molecule has 0 bridgehead atoms. The Bertz CT molecular complexity index is 841. The van der Waals surface area contributed by atoms with Gasteiger partial charge in [0.2, 0.25) is 0 Å². The van der Waals surface area contributed by atoms with Crippen LogP contribution in [0.1, 0.15) is 37.6 Å². The Balaban J connectivity index is 1.88. The number of rotatable bonds is 3. The highest BCUT2D eigenvalue weighted by Gasteiger charge is 2.15. The lowest BCUT2D eigenvalue weighted by Gasteiger charge is -2.19. The van der Waals surface area contributed by atoms with Crippen molar-refractivity contribution in [2.24, 2.45) is 0 Å². The van der Waals surface area contributed by atoms with Gasteiger partial charge in [-0.3, -0.25) is 0 Å². The summed E-state index contributed by atoms with van der Waals surface area (Å²) in [6.07, 6.45) is 1.99. The number of hydrogen-bond acceptors (Lipinski definition) is 3. The van der Waals surface area contributed by atoms with Crippen molar-refractivity contribution in [1.29, 1.82) is 5.26 Å². The van der Waals surface area contributed by atoms with E-state index in [0.29, 0.717) is 11.4 Å². The Kier molecular flexibility index (Phi) is 3.75. The first-order valence-electron chi connectivity index (χ1n) is 7.55. The molecule has 2 heterocycles. The van der Waals surface area contributed by atoms with Gasteiger partial charge in [-0.05, 0) is 28.7 Å². The van der Waals surface area contributed by atoms with E-state index >= 15 is 0 Å². The zero-order valence-electron chi connectivity index (χ0n) is 13.5. The van der Waals surface area contributed by atoms with Gasteiger partial charge in [0.05, 0.1) is 5.69 Å². The van der Waals surface area contributed by atoms with Gasteiger partial charge in [0.1, 0.15) is 11.8 Å². The van der Waals surface area contributed by atoms with Crippen LogP contribution < -0.4 is 0 Å². The van der Waals surface area contributed by atoms with Crippen LogP contribution in [0, 0.1) is 11.3 Å². The molecular formula is C18H19N5. The lowest BCUT2D eigenvalue weighted by molar-refractivity contribution is 0.590. The van der Waals surface area contributed by atoms with Crippen LogP contribution in [-0.4, -0.2) is 20.0 Å². The molecule has 3 aromatic rings. The Morgan fingerprint density at radius 2 is 1.87 bits per heavy atom. The van der Waals surface area contributed by atoms with Gasteiger partial charge in [-0.15, -0.1) is 5.10 Å². The van der Waals surface area contributed by atoms with Gasteiger partial charge >= 0.3 is 0 Å². The second-order valence-corrected chi connectivity index (χ2v) is 6.60. The topological polar surface area (TPSA) is 70.3 Å². The third-order valence-corrected chi connectivity index (χ3v) is 3.90. The van der Waals surface area contributed by atoms with Gasteiger partial charge in [0.25, 0.3) is 0 Å². The van der Waals surface area contributed by atoms with Crippen LogP contribution in [0.4, 0.5) is 0 Å². The number of hydrogen-bond donors (Lipinski definition) is 1.